The molecule has 0 spiro atoms. The van der Waals surface area contributed by atoms with Crippen LogP contribution in [0.2, 0.25) is 6.04 Å². The van der Waals surface area contributed by atoms with Crippen LogP contribution in [-0.2, 0) is 9.53 Å². The minimum atomic E-state index is -0.269. The van der Waals surface area contributed by atoms with E-state index >= 15 is 0 Å². The molecular weight excluding hydrogens is 192 g/mol. The third kappa shape index (κ3) is 6.66. The highest BCUT2D eigenvalue weighted by molar-refractivity contribution is 6.44. The average molecular weight is 212 g/mol. The molecule has 80 valence electrons. The smallest absolute Gasteiger partial charge is 0.333 e. The number of esters is 1. The first-order valence-electron chi connectivity index (χ1n) is 5.02. The molecule has 0 aromatic heterocycles. The van der Waals surface area contributed by atoms with E-state index in [-0.39, 0.29) is 15.5 Å². The summed E-state index contributed by atoms with van der Waals surface area (Å²) < 4.78 is 4.98. The molecule has 0 heterocycles. The van der Waals surface area contributed by atoms with Crippen LogP contribution < -0.4 is 0 Å². The molecule has 0 aliphatic rings. The number of ether oxygens (including phenoxy) is 1. The van der Waals surface area contributed by atoms with Gasteiger partial charge in [0.05, 0.1) is 6.61 Å². The van der Waals surface area contributed by atoms with E-state index in [2.05, 4.69) is 26.5 Å². The summed E-state index contributed by atoms with van der Waals surface area (Å²) in [7, 11) is -0.0812. The lowest BCUT2D eigenvalue weighted by Gasteiger charge is -2.03. The zero-order chi connectivity index (χ0) is 11.0. The van der Waals surface area contributed by atoms with Crippen molar-refractivity contribution >= 4 is 15.5 Å². The third-order valence-corrected chi connectivity index (χ3v) is 4.09. The Morgan fingerprint density at radius 2 is 2.14 bits per heavy atom. The van der Waals surface area contributed by atoms with Crippen molar-refractivity contribution in [3.63, 3.8) is 0 Å². The van der Waals surface area contributed by atoms with E-state index in [0.717, 1.165) is 6.42 Å². The summed E-state index contributed by atoms with van der Waals surface area (Å²) in [4.78, 5) is 11.0. The van der Waals surface area contributed by atoms with Crippen LogP contribution in [-0.4, -0.2) is 22.1 Å². The predicted molar refractivity (Wildman–Crippen MR) is 63.2 cm³/mol. The molecule has 0 saturated heterocycles. The molecule has 14 heavy (non-hydrogen) atoms. The quantitative estimate of drug-likeness (QED) is 0.291. The van der Waals surface area contributed by atoms with Crippen molar-refractivity contribution in [1.29, 1.82) is 0 Å². The largest absolute Gasteiger partial charge is 0.462 e. The summed E-state index contributed by atoms with van der Waals surface area (Å²) in [5.41, 5.74) is 0.479. The minimum Gasteiger partial charge on any atom is -0.462 e. The maximum Gasteiger partial charge on any atom is 0.333 e. The summed E-state index contributed by atoms with van der Waals surface area (Å²) in [5, 5.41) is 1.52. The first-order valence-corrected chi connectivity index (χ1v) is 6.73. The lowest BCUT2D eigenvalue weighted by Crippen LogP contribution is -2.06. The molecule has 0 N–H and O–H groups in total. The van der Waals surface area contributed by atoms with Gasteiger partial charge in [-0.05, 0) is 27.2 Å². The number of carbonyl (C=O) groups excluding carboxylic acids is 1. The van der Waals surface area contributed by atoms with E-state index in [1.807, 2.05) is 0 Å². The summed E-state index contributed by atoms with van der Waals surface area (Å²) in [6.45, 7) is 9.97. The minimum absolute atomic E-state index is 0.0812. The van der Waals surface area contributed by atoms with Crippen molar-refractivity contribution in [2.24, 2.45) is 0 Å². The summed E-state index contributed by atoms with van der Waals surface area (Å²) in [6, 6.07) is 1.21. The molecule has 0 unspecified atom stereocenters. The van der Waals surface area contributed by atoms with Gasteiger partial charge in [-0.25, -0.2) is 4.79 Å². The molecule has 0 fully saturated rings. The fourth-order valence-corrected chi connectivity index (χ4v) is 2.24. The van der Waals surface area contributed by atoms with Crippen molar-refractivity contribution in [3.05, 3.63) is 23.4 Å². The standard InChI is InChI=1S/C11H20O2Si/c1-5-10(4)14-8-6-7-13-11(12)9(2)3/h5H,2,6-8,14H2,1,3-4H3. The lowest BCUT2D eigenvalue weighted by molar-refractivity contribution is -0.138. The van der Waals surface area contributed by atoms with Gasteiger partial charge >= 0.3 is 5.97 Å². The molecule has 0 rings (SSSR count). The molecule has 0 radical (unpaired) electrons. The second kappa shape index (κ2) is 7.56. The molecule has 0 bridgehead atoms. The number of hydrogen-bond donors (Lipinski definition) is 0. The molecule has 0 atom stereocenters. The van der Waals surface area contributed by atoms with E-state index in [1.54, 1.807) is 6.92 Å². The normalized spacial score (nSPS) is 12.1. The highest BCUT2D eigenvalue weighted by Crippen LogP contribution is 1.99. The molecule has 0 aromatic carbocycles. The summed E-state index contributed by atoms with van der Waals surface area (Å²) >= 11 is 0. The molecule has 3 heteroatoms. The van der Waals surface area contributed by atoms with Crippen molar-refractivity contribution in [2.45, 2.75) is 33.2 Å². The van der Waals surface area contributed by atoms with Crippen LogP contribution >= 0.6 is 0 Å². The molecule has 2 nitrogen and oxygen atoms in total. The maximum absolute atomic E-state index is 11.0. The maximum atomic E-state index is 11.0. The van der Waals surface area contributed by atoms with Crippen LogP contribution in [0.3, 0.4) is 0 Å². The Balaban J connectivity index is 3.39. The molecule has 0 saturated carbocycles. The summed E-state index contributed by atoms with van der Waals surface area (Å²) in [5.74, 6) is -0.269. The zero-order valence-corrected chi connectivity index (χ0v) is 10.8. The van der Waals surface area contributed by atoms with Gasteiger partial charge in [-0.2, -0.15) is 0 Å². The van der Waals surface area contributed by atoms with Crippen LogP contribution in [0.4, 0.5) is 0 Å². The van der Waals surface area contributed by atoms with Gasteiger partial charge in [0.2, 0.25) is 0 Å². The van der Waals surface area contributed by atoms with Crippen LogP contribution in [0.15, 0.2) is 23.4 Å². The highest BCUT2D eigenvalue weighted by Gasteiger charge is 2.01. The Kier molecular flexibility index (Phi) is 7.11. The lowest BCUT2D eigenvalue weighted by atomic mass is 10.4. The highest BCUT2D eigenvalue weighted by atomic mass is 28.2. The van der Waals surface area contributed by atoms with E-state index in [0.29, 0.717) is 12.2 Å². The van der Waals surface area contributed by atoms with Crippen LogP contribution in [0.1, 0.15) is 27.2 Å². The van der Waals surface area contributed by atoms with Crippen LogP contribution in [0.25, 0.3) is 0 Å². The molecule has 0 aromatic rings. The van der Waals surface area contributed by atoms with Gasteiger partial charge in [-0.15, -0.1) is 0 Å². The number of hydrogen-bond acceptors (Lipinski definition) is 2. The van der Waals surface area contributed by atoms with Crippen molar-refractivity contribution in [2.75, 3.05) is 6.61 Å². The van der Waals surface area contributed by atoms with Gasteiger partial charge in [-0.3, -0.25) is 0 Å². The van der Waals surface area contributed by atoms with E-state index < -0.39 is 0 Å². The van der Waals surface area contributed by atoms with Gasteiger partial charge in [0, 0.05) is 15.1 Å². The SMILES string of the molecule is C=C(C)C(=O)OCCC[SiH2]C(C)=CC. The average Bonchev–Trinajstić information content (AvgIpc) is 2.16. The fourth-order valence-electron chi connectivity index (χ4n) is 0.938. The van der Waals surface area contributed by atoms with Gasteiger partial charge in [0.15, 0.2) is 0 Å². The van der Waals surface area contributed by atoms with Gasteiger partial charge in [0.25, 0.3) is 0 Å². The van der Waals surface area contributed by atoms with E-state index in [4.69, 9.17) is 4.74 Å². The molecule has 0 aliphatic heterocycles. The monoisotopic (exact) mass is 212 g/mol. The van der Waals surface area contributed by atoms with Crippen molar-refractivity contribution < 1.29 is 9.53 Å². The Labute approximate surface area is 88.9 Å². The second-order valence-electron chi connectivity index (χ2n) is 3.51. The van der Waals surface area contributed by atoms with Crippen molar-refractivity contribution in [1.82, 2.24) is 0 Å². The Morgan fingerprint density at radius 3 is 2.64 bits per heavy atom. The number of allylic oxidation sites excluding steroid dienone is 2. The molecular formula is C11H20O2Si. The van der Waals surface area contributed by atoms with Gasteiger partial charge in [-0.1, -0.05) is 23.9 Å². The molecule has 0 aliphatic carbocycles. The summed E-state index contributed by atoms with van der Waals surface area (Å²) in [6.07, 6.45) is 3.16. The van der Waals surface area contributed by atoms with Crippen LogP contribution in [0.5, 0.6) is 0 Å². The number of rotatable bonds is 6. The predicted octanol–water partition coefficient (Wildman–Crippen LogP) is 2.01. The molecule has 0 amide bonds. The Hall–Kier alpha value is -0.833. The zero-order valence-electron chi connectivity index (χ0n) is 9.43. The third-order valence-electron chi connectivity index (χ3n) is 2.04. The topological polar surface area (TPSA) is 26.3 Å². The van der Waals surface area contributed by atoms with Crippen molar-refractivity contribution in [3.8, 4) is 0 Å². The Bertz CT molecular complexity index is 231. The van der Waals surface area contributed by atoms with E-state index in [9.17, 15) is 4.79 Å². The van der Waals surface area contributed by atoms with Gasteiger partial charge < -0.3 is 4.74 Å². The first-order chi connectivity index (χ1) is 6.57. The number of carbonyl (C=O) groups is 1. The fraction of sp³-hybridized carbons (Fsp3) is 0.545. The van der Waals surface area contributed by atoms with Gasteiger partial charge in [0.1, 0.15) is 0 Å². The van der Waals surface area contributed by atoms with E-state index in [1.165, 1.54) is 11.2 Å². The first kappa shape index (κ1) is 13.2. The second-order valence-corrected chi connectivity index (χ2v) is 5.83. The van der Waals surface area contributed by atoms with Crippen LogP contribution in [0, 0.1) is 0 Å². The Morgan fingerprint density at radius 1 is 1.50 bits per heavy atom.